The number of anilines is 1. The predicted molar refractivity (Wildman–Crippen MR) is 78.1 cm³/mol. The molecule has 7 nitrogen and oxygen atoms in total. The number of imide groups is 1. The van der Waals surface area contributed by atoms with Gasteiger partial charge in [-0.05, 0) is 24.1 Å². The number of cyclic esters (lactones) is 1. The minimum Gasteiger partial charge on any atom is -0.439 e. The van der Waals surface area contributed by atoms with Gasteiger partial charge in [-0.2, -0.15) is 0 Å². The summed E-state index contributed by atoms with van der Waals surface area (Å²) in [6.07, 6.45) is -0.357. The lowest BCUT2D eigenvalue weighted by Gasteiger charge is -2.27. The van der Waals surface area contributed by atoms with Crippen LogP contribution in [0.15, 0.2) is 24.3 Å². The first-order valence-corrected chi connectivity index (χ1v) is 7.17. The molecule has 2 aliphatic rings. The Kier molecular flexibility index (Phi) is 3.70. The topological polar surface area (TPSA) is 87.7 Å². The van der Waals surface area contributed by atoms with Crippen LogP contribution in [-0.2, 0) is 14.3 Å². The Morgan fingerprint density at radius 1 is 1.32 bits per heavy atom. The average Bonchev–Trinajstić information content (AvgIpc) is 2.89. The van der Waals surface area contributed by atoms with Gasteiger partial charge in [0.2, 0.25) is 11.8 Å². The van der Waals surface area contributed by atoms with Crippen molar-refractivity contribution in [2.24, 2.45) is 0 Å². The molecule has 1 aromatic rings. The summed E-state index contributed by atoms with van der Waals surface area (Å²) in [6, 6.07) is 6.95. The maximum absolute atomic E-state index is 12.1. The van der Waals surface area contributed by atoms with Gasteiger partial charge in [0, 0.05) is 19.2 Å². The fraction of sp³-hybridized carbons (Fsp3) is 0.400. The van der Waals surface area contributed by atoms with Crippen LogP contribution in [0, 0.1) is 0 Å². The zero-order valence-corrected chi connectivity index (χ0v) is 12.2. The molecule has 2 aliphatic heterocycles. The van der Waals surface area contributed by atoms with Gasteiger partial charge in [-0.25, -0.2) is 4.79 Å². The molecule has 2 saturated heterocycles. The number of nitrogens with one attached hydrogen (secondary N) is 2. The molecular formula is C15H17N3O4. The number of rotatable bonds is 3. The van der Waals surface area contributed by atoms with E-state index in [0.717, 1.165) is 11.3 Å². The molecule has 0 aliphatic carbocycles. The summed E-state index contributed by atoms with van der Waals surface area (Å²) in [5, 5.41) is 5.30. The summed E-state index contributed by atoms with van der Waals surface area (Å²) in [7, 11) is 1.81. The van der Waals surface area contributed by atoms with E-state index in [-0.39, 0.29) is 12.3 Å². The number of carbonyl (C=O) groups excluding carboxylic acids is 3. The average molecular weight is 303 g/mol. The second-order valence-electron chi connectivity index (χ2n) is 5.37. The second-order valence-corrected chi connectivity index (χ2v) is 5.37. The van der Waals surface area contributed by atoms with Crippen molar-refractivity contribution in [1.29, 1.82) is 0 Å². The number of carbonyl (C=O) groups is 3. The van der Waals surface area contributed by atoms with Gasteiger partial charge in [-0.15, -0.1) is 0 Å². The van der Waals surface area contributed by atoms with E-state index in [4.69, 9.17) is 4.74 Å². The highest BCUT2D eigenvalue weighted by molar-refractivity contribution is 6.01. The SMILES string of the molecule is CNc1cccc([C@H]2CN(C3CCC(=O)NC3=O)C(=O)O2)c1. The zero-order valence-electron chi connectivity index (χ0n) is 12.2. The minimum atomic E-state index is -0.636. The Bertz CT molecular complexity index is 631. The third-order valence-electron chi connectivity index (χ3n) is 3.97. The van der Waals surface area contributed by atoms with Gasteiger partial charge in [0.1, 0.15) is 12.1 Å². The van der Waals surface area contributed by atoms with Crippen molar-refractivity contribution < 1.29 is 19.1 Å². The van der Waals surface area contributed by atoms with E-state index in [2.05, 4.69) is 10.6 Å². The predicted octanol–water partition coefficient (Wildman–Crippen LogP) is 1.03. The van der Waals surface area contributed by atoms with Gasteiger partial charge in [0.15, 0.2) is 0 Å². The Labute approximate surface area is 127 Å². The second kappa shape index (κ2) is 5.67. The standard InChI is InChI=1S/C15H17N3O4/c1-16-10-4-2-3-9(7-10)12-8-18(15(21)22-12)11-5-6-13(19)17-14(11)20/h2-4,7,11-12,16H,5-6,8H2,1H3,(H,17,19,20)/t11?,12-/m1/s1. The Morgan fingerprint density at radius 2 is 2.14 bits per heavy atom. The third-order valence-corrected chi connectivity index (χ3v) is 3.97. The number of amides is 3. The number of nitrogens with zero attached hydrogens (tertiary/aromatic N) is 1. The summed E-state index contributed by atoms with van der Waals surface area (Å²) >= 11 is 0. The lowest BCUT2D eigenvalue weighted by Crippen LogP contribution is -2.52. The third kappa shape index (κ3) is 2.61. The lowest BCUT2D eigenvalue weighted by atomic mass is 10.0. The largest absolute Gasteiger partial charge is 0.439 e. The Morgan fingerprint density at radius 3 is 2.86 bits per heavy atom. The molecule has 116 valence electrons. The van der Waals surface area contributed by atoms with Crippen LogP contribution >= 0.6 is 0 Å². The molecule has 0 bridgehead atoms. The zero-order chi connectivity index (χ0) is 15.7. The van der Waals surface area contributed by atoms with E-state index in [0.29, 0.717) is 13.0 Å². The van der Waals surface area contributed by atoms with E-state index < -0.39 is 24.1 Å². The van der Waals surface area contributed by atoms with Crippen molar-refractivity contribution in [2.75, 3.05) is 18.9 Å². The van der Waals surface area contributed by atoms with Crippen molar-refractivity contribution in [3.05, 3.63) is 29.8 Å². The molecule has 7 heteroatoms. The fourth-order valence-corrected chi connectivity index (χ4v) is 2.78. The fourth-order valence-electron chi connectivity index (χ4n) is 2.78. The van der Waals surface area contributed by atoms with E-state index in [1.807, 2.05) is 31.3 Å². The Balaban J connectivity index is 1.75. The van der Waals surface area contributed by atoms with Crippen LogP contribution < -0.4 is 10.6 Å². The van der Waals surface area contributed by atoms with E-state index in [1.165, 1.54) is 4.90 Å². The highest BCUT2D eigenvalue weighted by Crippen LogP contribution is 2.30. The van der Waals surface area contributed by atoms with Crippen LogP contribution in [-0.4, -0.2) is 42.4 Å². The van der Waals surface area contributed by atoms with Gasteiger partial charge in [-0.1, -0.05) is 12.1 Å². The molecule has 3 rings (SSSR count). The number of hydrogen-bond acceptors (Lipinski definition) is 5. The van der Waals surface area contributed by atoms with Crippen molar-refractivity contribution >= 4 is 23.6 Å². The Hall–Kier alpha value is -2.57. The minimum absolute atomic E-state index is 0.236. The molecule has 1 aromatic carbocycles. The van der Waals surface area contributed by atoms with Crippen molar-refractivity contribution in [3.8, 4) is 0 Å². The van der Waals surface area contributed by atoms with E-state index in [1.54, 1.807) is 0 Å². The molecule has 0 aromatic heterocycles. The van der Waals surface area contributed by atoms with Crippen molar-refractivity contribution in [2.45, 2.75) is 25.0 Å². The van der Waals surface area contributed by atoms with Gasteiger partial charge in [0.25, 0.3) is 0 Å². The first kappa shape index (κ1) is 14.4. The van der Waals surface area contributed by atoms with Gasteiger partial charge >= 0.3 is 6.09 Å². The normalized spacial score (nSPS) is 25.0. The molecule has 3 amide bonds. The van der Waals surface area contributed by atoms with E-state index in [9.17, 15) is 14.4 Å². The molecule has 1 unspecified atom stereocenters. The van der Waals surface area contributed by atoms with Crippen LogP contribution in [0.3, 0.4) is 0 Å². The van der Waals surface area contributed by atoms with Crippen molar-refractivity contribution in [3.63, 3.8) is 0 Å². The highest BCUT2D eigenvalue weighted by atomic mass is 16.6. The number of hydrogen-bond donors (Lipinski definition) is 2. The summed E-state index contributed by atoms with van der Waals surface area (Å²) in [5.74, 6) is -0.732. The van der Waals surface area contributed by atoms with E-state index >= 15 is 0 Å². The molecular weight excluding hydrogens is 286 g/mol. The molecule has 2 atom stereocenters. The van der Waals surface area contributed by atoms with Crippen LogP contribution in [0.1, 0.15) is 24.5 Å². The summed E-state index contributed by atoms with van der Waals surface area (Å²) < 4.78 is 5.38. The maximum Gasteiger partial charge on any atom is 0.411 e. The number of piperidine rings is 1. The van der Waals surface area contributed by atoms with Gasteiger partial charge < -0.3 is 10.1 Å². The number of benzene rings is 1. The van der Waals surface area contributed by atoms with Crippen molar-refractivity contribution in [1.82, 2.24) is 10.2 Å². The molecule has 22 heavy (non-hydrogen) atoms. The lowest BCUT2D eigenvalue weighted by molar-refractivity contribution is -0.136. The molecule has 0 spiro atoms. The number of ether oxygens (including phenoxy) is 1. The summed E-state index contributed by atoms with van der Waals surface area (Å²) in [5.41, 5.74) is 1.79. The molecule has 0 saturated carbocycles. The smallest absolute Gasteiger partial charge is 0.411 e. The first-order chi connectivity index (χ1) is 10.6. The van der Waals surface area contributed by atoms with Gasteiger partial charge in [0.05, 0.1) is 6.54 Å². The van der Waals surface area contributed by atoms with Crippen LogP contribution in [0.25, 0.3) is 0 Å². The van der Waals surface area contributed by atoms with Gasteiger partial charge in [-0.3, -0.25) is 19.8 Å². The monoisotopic (exact) mass is 303 g/mol. The molecule has 2 N–H and O–H groups in total. The first-order valence-electron chi connectivity index (χ1n) is 7.17. The van der Waals surface area contributed by atoms with Crippen LogP contribution in [0.4, 0.5) is 10.5 Å². The molecule has 2 fully saturated rings. The summed E-state index contributed by atoms with van der Waals surface area (Å²) in [4.78, 5) is 36.6. The summed E-state index contributed by atoms with van der Waals surface area (Å²) in [6.45, 7) is 0.304. The molecule has 2 heterocycles. The highest BCUT2D eigenvalue weighted by Gasteiger charge is 2.41. The maximum atomic E-state index is 12.1. The van der Waals surface area contributed by atoms with Crippen LogP contribution in [0.5, 0.6) is 0 Å². The quantitative estimate of drug-likeness (QED) is 0.814. The molecule has 0 radical (unpaired) electrons. The van der Waals surface area contributed by atoms with Crippen LogP contribution in [0.2, 0.25) is 0 Å².